The van der Waals surface area contributed by atoms with Gasteiger partial charge in [0.1, 0.15) is 5.75 Å². The first-order chi connectivity index (χ1) is 16.4. The summed E-state index contributed by atoms with van der Waals surface area (Å²) < 4.78 is 24.1. The summed E-state index contributed by atoms with van der Waals surface area (Å²) in [5.74, 6) is 1.03. The van der Waals surface area contributed by atoms with Crippen LogP contribution in [0.1, 0.15) is 58.9 Å². The van der Waals surface area contributed by atoms with Crippen molar-refractivity contribution in [3.8, 4) is 5.75 Å². The van der Waals surface area contributed by atoms with E-state index in [-0.39, 0.29) is 35.1 Å². The third kappa shape index (κ3) is 8.92. The first-order valence-corrected chi connectivity index (χ1v) is 15.6. The van der Waals surface area contributed by atoms with Crippen molar-refractivity contribution >= 4 is 14.3 Å². The molecule has 5 nitrogen and oxygen atoms in total. The fourth-order valence-electron chi connectivity index (χ4n) is 4.16. The van der Waals surface area contributed by atoms with Crippen LogP contribution in [0.15, 0.2) is 49.1 Å². The van der Waals surface area contributed by atoms with E-state index in [1.54, 1.807) is 7.11 Å². The van der Waals surface area contributed by atoms with Crippen LogP contribution in [0.3, 0.4) is 0 Å². The van der Waals surface area contributed by atoms with E-state index in [2.05, 4.69) is 47.0 Å². The molecule has 196 valence electrons. The molecule has 1 aliphatic heterocycles. The largest absolute Gasteiger partial charge is 0.497 e. The van der Waals surface area contributed by atoms with Crippen molar-refractivity contribution in [2.45, 2.75) is 90.3 Å². The molecule has 0 radical (unpaired) electrons. The molecule has 2 rings (SSSR count). The lowest BCUT2D eigenvalue weighted by Crippen LogP contribution is -2.50. The number of cyclic esters (lactones) is 1. The molecule has 0 N–H and O–H groups in total. The Bertz CT molecular complexity index is 840. The average Bonchev–Trinajstić information content (AvgIpc) is 2.79. The van der Waals surface area contributed by atoms with Crippen LogP contribution in [-0.4, -0.2) is 40.2 Å². The number of carbonyl (C=O) groups excluding carboxylic acids is 1. The molecule has 0 aromatic heterocycles. The number of ether oxygens (including phenoxy) is 3. The van der Waals surface area contributed by atoms with Crippen LogP contribution in [0.5, 0.6) is 5.75 Å². The van der Waals surface area contributed by atoms with E-state index < -0.39 is 8.32 Å². The van der Waals surface area contributed by atoms with E-state index in [1.165, 1.54) is 0 Å². The van der Waals surface area contributed by atoms with Gasteiger partial charge in [0.2, 0.25) is 0 Å². The highest BCUT2D eigenvalue weighted by molar-refractivity contribution is 6.74. The zero-order chi connectivity index (χ0) is 26.2. The number of carbonyl (C=O) groups is 1. The molecule has 0 amide bonds. The molecule has 1 fully saturated rings. The molecule has 4 atom stereocenters. The van der Waals surface area contributed by atoms with Gasteiger partial charge in [-0.3, -0.25) is 4.79 Å². The van der Waals surface area contributed by atoms with Gasteiger partial charge < -0.3 is 18.6 Å². The fraction of sp³-hybridized carbons (Fsp3) is 0.621. The Morgan fingerprint density at radius 1 is 1.26 bits per heavy atom. The molecule has 35 heavy (non-hydrogen) atoms. The number of allylic oxidation sites excluding steroid dienone is 1. The zero-order valence-electron chi connectivity index (χ0n) is 22.9. The Kier molecular flexibility index (Phi) is 10.8. The van der Waals surface area contributed by atoms with Gasteiger partial charge in [0, 0.05) is 18.8 Å². The molecule has 0 bridgehead atoms. The number of rotatable bonds is 13. The molecule has 0 unspecified atom stereocenters. The second-order valence-corrected chi connectivity index (χ2v) is 16.1. The molecular weight excluding hydrogens is 456 g/mol. The summed E-state index contributed by atoms with van der Waals surface area (Å²) in [6.07, 6.45) is 4.53. The van der Waals surface area contributed by atoms with E-state index in [9.17, 15) is 4.79 Å². The first-order valence-electron chi connectivity index (χ1n) is 12.7. The normalized spacial score (nSPS) is 20.6. The number of esters is 1. The fourth-order valence-corrected chi connectivity index (χ4v) is 5.54. The van der Waals surface area contributed by atoms with Crippen molar-refractivity contribution < 1.29 is 23.4 Å². The van der Waals surface area contributed by atoms with E-state index in [0.29, 0.717) is 26.1 Å². The van der Waals surface area contributed by atoms with E-state index in [1.807, 2.05) is 37.3 Å². The monoisotopic (exact) mass is 502 g/mol. The summed E-state index contributed by atoms with van der Waals surface area (Å²) in [6.45, 7) is 22.3. The highest BCUT2D eigenvalue weighted by Crippen LogP contribution is 2.41. The Labute approximate surface area is 214 Å². The van der Waals surface area contributed by atoms with Gasteiger partial charge in [-0.25, -0.2) is 0 Å². The number of hydrogen-bond donors (Lipinski definition) is 0. The van der Waals surface area contributed by atoms with E-state index in [0.717, 1.165) is 29.7 Å². The van der Waals surface area contributed by atoms with Crippen molar-refractivity contribution in [3.63, 3.8) is 0 Å². The molecule has 6 heteroatoms. The van der Waals surface area contributed by atoms with Gasteiger partial charge >= 0.3 is 5.97 Å². The lowest BCUT2D eigenvalue weighted by atomic mass is 9.79. The second-order valence-electron chi connectivity index (χ2n) is 11.4. The van der Waals surface area contributed by atoms with Gasteiger partial charge in [-0.1, -0.05) is 44.6 Å². The minimum absolute atomic E-state index is 0.0669. The van der Waals surface area contributed by atoms with Gasteiger partial charge in [-0.2, -0.15) is 0 Å². The van der Waals surface area contributed by atoms with Gasteiger partial charge in [0.05, 0.1) is 32.5 Å². The second kappa shape index (κ2) is 12.9. The summed E-state index contributed by atoms with van der Waals surface area (Å²) in [6, 6.07) is 7.90. The van der Waals surface area contributed by atoms with Crippen LogP contribution < -0.4 is 4.74 Å². The van der Waals surface area contributed by atoms with Crippen LogP contribution in [-0.2, 0) is 25.3 Å². The van der Waals surface area contributed by atoms with Crippen LogP contribution in [0, 0.1) is 11.8 Å². The quantitative estimate of drug-likeness (QED) is 0.164. The molecule has 1 aromatic rings. The Morgan fingerprint density at radius 2 is 1.91 bits per heavy atom. The topological polar surface area (TPSA) is 54.0 Å². The zero-order valence-corrected chi connectivity index (χ0v) is 23.9. The highest BCUT2D eigenvalue weighted by Gasteiger charge is 2.44. The third-order valence-corrected chi connectivity index (χ3v) is 12.0. The van der Waals surface area contributed by atoms with Crippen molar-refractivity contribution in [2.75, 3.05) is 13.7 Å². The molecule has 1 heterocycles. The average molecular weight is 503 g/mol. The smallest absolute Gasteiger partial charge is 0.306 e. The van der Waals surface area contributed by atoms with Crippen molar-refractivity contribution in [2.24, 2.45) is 11.8 Å². The van der Waals surface area contributed by atoms with Crippen LogP contribution >= 0.6 is 0 Å². The molecule has 1 aromatic carbocycles. The van der Waals surface area contributed by atoms with Crippen LogP contribution in [0.25, 0.3) is 0 Å². The highest BCUT2D eigenvalue weighted by atomic mass is 28.4. The SMILES string of the molecule is C=C[C@@H](C[C@H](O[Si](C)(C)C(C)(C)C)[C@@H]1COC(=O)C[C@H]1CCC(=C)C)OCc1ccc(OC)cc1. The lowest BCUT2D eigenvalue weighted by molar-refractivity contribution is -0.157. The van der Waals surface area contributed by atoms with Crippen molar-refractivity contribution in [1.82, 2.24) is 0 Å². The van der Waals surface area contributed by atoms with Gasteiger partial charge in [0.25, 0.3) is 0 Å². The van der Waals surface area contributed by atoms with Crippen molar-refractivity contribution in [1.29, 1.82) is 0 Å². The molecule has 1 aliphatic rings. The van der Waals surface area contributed by atoms with E-state index in [4.69, 9.17) is 18.6 Å². The number of hydrogen-bond acceptors (Lipinski definition) is 5. The summed E-state index contributed by atoms with van der Waals surface area (Å²) in [7, 11) is -0.421. The Balaban J connectivity index is 2.22. The summed E-state index contributed by atoms with van der Waals surface area (Å²) in [5.41, 5.74) is 2.21. The first kappa shape index (κ1) is 29.3. The Morgan fingerprint density at radius 3 is 2.46 bits per heavy atom. The maximum Gasteiger partial charge on any atom is 0.306 e. The molecule has 0 aliphatic carbocycles. The summed E-state index contributed by atoms with van der Waals surface area (Å²) in [5, 5.41) is 0.0669. The molecule has 0 spiro atoms. The summed E-state index contributed by atoms with van der Waals surface area (Å²) >= 11 is 0. The molecule has 0 saturated carbocycles. The minimum atomic E-state index is -2.08. The van der Waals surface area contributed by atoms with Gasteiger partial charge in [0.15, 0.2) is 8.32 Å². The standard InChI is InChI=1S/C29H46O5Si/c1-10-24(32-19-22-12-15-25(31-7)16-13-22)18-27(34-35(8,9)29(4,5)6)26-20-33-28(30)17-23(26)14-11-21(2)3/h10,12-13,15-16,23-24,26-27H,1-2,11,14,17-20H2,3-9H3/t23-,24+,26-,27+/m1/s1. The van der Waals surface area contributed by atoms with Crippen molar-refractivity contribution in [3.05, 3.63) is 54.6 Å². The maximum atomic E-state index is 12.2. The Hall–Kier alpha value is -1.89. The minimum Gasteiger partial charge on any atom is -0.497 e. The maximum absolute atomic E-state index is 12.2. The van der Waals surface area contributed by atoms with Crippen LogP contribution in [0.4, 0.5) is 0 Å². The molecular formula is C29H46O5Si. The summed E-state index contributed by atoms with van der Waals surface area (Å²) in [4.78, 5) is 12.2. The predicted octanol–water partition coefficient (Wildman–Crippen LogP) is 7.08. The molecule has 1 saturated heterocycles. The van der Waals surface area contributed by atoms with Crippen LogP contribution in [0.2, 0.25) is 18.1 Å². The van der Waals surface area contributed by atoms with E-state index >= 15 is 0 Å². The van der Waals surface area contributed by atoms with Gasteiger partial charge in [-0.15, -0.1) is 13.2 Å². The number of benzene rings is 1. The number of methoxy groups -OCH3 is 1. The predicted molar refractivity (Wildman–Crippen MR) is 145 cm³/mol. The third-order valence-electron chi connectivity index (χ3n) is 7.49. The lowest BCUT2D eigenvalue weighted by Gasteiger charge is -2.44. The van der Waals surface area contributed by atoms with Gasteiger partial charge in [-0.05, 0) is 61.5 Å².